The second kappa shape index (κ2) is 5.97. The smallest absolute Gasteiger partial charge is 0.332 e. The van der Waals surface area contributed by atoms with Crippen LogP contribution in [-0.4, -0.2) is 30.8 Å². The van der Waals surface area contributed by atoms with Gasteiger partial charge in [0, 0.05) is 21.1 Å². The average Bonchev–Trinajstić information content (AvgIpc) is 2.97. The van der Waals surface area contributed by atoms with Crippen molar-refractivity contribution in [3.05, 3.63) is 56.7 Å². The Morgan fingerprint density at radius 1 is 1.17 bits per heavy atom. The van der Waals surface area contributed by atoms with Crippen LogP contribution in [-0.2, 0) is 20.6 Å². The summed E-state index contributed by atoms with van der Waals surface area (Å²) >= 11 is 0. The average molecular weight is 329 g/mol. The predicted octanol–water partition coefficient (Wildman–Crippen LogP) is 0.209. The molecule has 8 nitrogen and oxygen atoms in total. The van der Waals surface area contributed by atoms with E-state index < -0.39 is 17.4 Å². The van der Waals surface area contributed by atoms with Crippen LogP contribution in [0.25, 0.3) is 11.2 Å². The van der Waals surface area contributed by atoms with Crippen LogP contribution in [0.3, 0.4) is 0 Å². The lowest BCUT2D eigenvalue weighted by Crippen LogP contribution is -2.37. The molecule has 2 aromatic heterocycles. The summed E-state index contributed by atoms with van der Waals surface area (Å²) in [7, 11) is 4.66. The number of nitrogens with zero attached hydrogens (tertiary/aromatic N) is 4. The van der Waals surface area contributed by atoms with Crippen molar-refractivity contribution in [2.24, 2.45) is 14.1 Å². The van der Waals surface area contributed by atoms with Crippen LogP contribution in [0.4, 0.5) is 5.95 Å². The molecule has 0 fully saturated rings. The van der Waals surface area contributed by atoms with Crippen molar-refractivity contribution in [1.29, 1.82) is 0 Å². The summed E-state index contributed by atoms with van der Waals surface area (Å²) in [6.07, 6.45) is -0.808. The summed E-state index contributed by atoms with van der Waals surface area (Å²) in [4.78, 5) is 28.9. The predicted molar refractivity (Wildman–Crippen MR) is 91.2 cm³/mol. The molecule has 0 aliphatic heterocycles. The maximum atomic E-state index is 12.5. The van der Waals surface area contributed by atoms with Crippen molar-refractivity contribution in [2.45, 2.75) is 12.6 Å². The number of fused-ring (bicyclic) bond motifs is 1. The number of aliphatic hydroxyl groups excluding tert-OH is 1. The minimum atomic E-state index is -0.808. The Bertz CT molecular complexity index is 1000. The number of anilines is 1. The summed E-state index contributed by atoms with van der Waals surface area (Å²) in [6, 6.07) is 9.18. The van der Waals surface area contributed by atoms with Crippen molar-refractivity contribution >= 4 is 17.1 Å². The van der Waals surface area contributed by atoms with Crippen LogP contribution in [0.2, 0.25) is 0 Å². The van der Waals surface area contributed by atoms with Crippen molar-refractivity contribution < 1.29 is 5.11 Å². The van der Waals surface area contributed by atoms with E-state index in [9.17, 15) is 14.7 Å². The molecule has 0 saturated heterocycles. The van der Waals surface area contributed by atoms with Gasteiger partial charge in [-0.2, -0.15) is 4.98 Å². The number of aliphatic hydroxyl groups is 1. The van der Waals surface area contributed by atoms with Gasteiger partial charge in [-0.25, -0.2) is 4.79 Å². The van der Waals surface area contributed by atoms with Gasteiger partial charge in [-0.3, -0.25) is 13.9 Å². The first-order valence-electron chi connectivity index (χ1n) is 7.52. The number of nitrogens with one attached hydrogen (secondary N) is 1. The van der Waals surface area contributed by atoms with Gasteiger partial charge in [0.25, 0.3) is 5.56 Å². The molecule has 0 spiro atoms. The van der Waals surface area contributed by atoms with E-state index in [0.717, 1.165) is 10.1 Å². The number of benzene rings is 1. The minimum absolute atomic E-state index is 0.143. The lowest BCUT2D eigenvalue weighted by molar-refractivity contribution is 0.158. The second-order valence-corrected chi connectivity index (χ2v) is 5.60. The highest BCUT2D eigenvalue weighted by molar-refractivity contribution is 5.74. The molecule has 0 amide bonds. The SMILES string of the molecule is CNc1nc2c(c(=O)n(C)c(=O)n2C)n1CC(O)c1ccccc1. The van der Waals surface area contributed by atoms with E-state index >= 15 is 0 Å². The van der Waals surface area contributed by atoms with Crippen LogP contribution in [0.1, 0.15) is 11.7 Å². The molecule has 0 bridgehead atoms. The maximum absolute atomic E-state index is 12.5. The molecule has 8 heteroatoms. The fourth-order valence-corrected chi connectivity index (χ4v) is 2.77. The zero-order valence-corrected chi connectivity index (χ0v) is 13.7. The van der Waals surface area contributed by atoms with E-state index in [2.05, 4.69) is 10.3 Å². The van der Waals surface area contributed by atoms with Gasteiger partial charge in [-0.15, -0.1) is 0 Å². The van der Waals surface area contributed by atoms with Gasteiger partial charge in [0.1, 0.15) is 0 Å². The van der Waals surface area contributed by atoms with Crippen molar-refractivity contribution in [1.82, 2.24) is 18.7 Å². The van der Waals surface area contributed by atoms with Crippen LogP contribution < -0.4 is 16.6 Å². The molecular formula is C16H19N5O3. The third-order valence-corrected chi connectivity index (χ3v) is 4.11. The normalized spacial score (nSPS) is 12.5. The van der Waals surface area contributed by atoms with Crippen molar-refractivity contribution in [3.63, 3.8) is 0 Å². The van der Waals surface area contributed by atoms with Gasteiger partial charge >= 0.3 is 5.69 Å². The third kappa shape index (κ3) is 2.41. The topological polar surface area (TPSA) is 94.1 Å². The fourth-order valence-electron chi connectivity index (χ4n) is 2.77. The molecule has 1 atom stereocenters. The van der Waals surface area contributed by atoms with Crippen LogP contribution >= 0.6 is 0 Å². The minimum Gasteiger partial charge on any atom is -0.387 e. The van der Waals surface area contributed by atoms with E-state index in [1.165, 1.54) is 11.6 Å². The summed E-state index contributed by atoms with van der Waals surface area (Å²) in [5.41, 5.74) is 0.417. The molecule has 1 aromatic carbocycles. The third-order valence-electron chi connectivity index (χ3n) is 4.11. The van der Waals surface area contributed by atoms with E-state index in [4.69, 9.17) is 0 Å². The Labute approximate surface area is 137 Å². The summed E-state index contributed by atoms with van der Waals surface area (Å²) in [5.74, 6) is 0.415. The first kappa shape index (κ1) is 16.0. The van der Waals surface area contributed by atoms with Gasteiger partial charge < -0.3 is 15.0 Å². The molecule has 0 saturated carbocycles. The highest BCUT2D eigenvalue weighted by atomic mass is 16.3. The number of aromatic nitrogens is 4. The Hall–Kier alpha value is -2.87. The van der Waals surface area contributed by atoms with Gasteiger partial charge in [-0.1, -0.05) is 30.3 Å². The molecule has 3 aromatic rings. The molecule has 3 rings (SSSR count). The highest BCUT2D eigenvalue weighted by Crippen LogP contribution is 2.21. The number of imidazole rings is 1. The van der Waals surface area contributed by atoms with E-state index in [1.54, 1.807) is 18.7 Å². The van der Waals surface area contributed by atoms with Gasteiger partial charge in [0.2, 0.25) is 5.95 Å². The molecule has 0 radical (unpaired) electrons. The summed E-state index contributed by atoms with van der Waals surface area (Å²) < 4.78 is 3.96. The summed E-state index contributed by atoms with van der Waals surface area (Å²) in [6.45, 7) is 0.143. The number of hydrogen-bond acceptors (Lipinski definition) is 5. The molecule has 126 valence electrons. The molecule has 2 heterocycles. The van der Waals surface area contributed by atoms with E-state index in [1.807, 2.05) is 30.3 Å². The quantitative estimate of drug-likeness (QED) is 0.713. The lowest BCUT2D eigenvalue weighted by atomic mass is 10.1. The van der Waals surface area contributed by atoms with Crippen molar-refractivity contribution in [3.8, 4) is 0 Å². The Balaban J connectivity index is 2.20. The van der Waals surface area contributed by atoms with Crippen molar-refractivity contribution in [2.75, 3.05) is 12.4 Å². The van der Waals surface area contributed by atoms with Gasteiger partial charge in [0.05, 0.1) is 12.6 Å². The lowest BCUT2D eigenvalue weighted by Gasteiger charge is -2.14. The van der Waals surface area contributed by atoms with E-state index in [-0.39, 0.29) is 17.7 Å². The summed E-state index contributed by atoms with van der Waals surface area (Å²) in [5, 5.41) is 13.4. The molecule has 0 aliphatic carbocycles. The fraction of sp³-hybridized carbons (Fsp3) is 0.312. The van der Waals surface area contributed by atoms with Crippen LogP contribution in [0.15, 0.2) is 39.9 Å². The largest absolute Gasteiger partial charge is 0.387 e. The molecule has 24 heavy (non-hydrogen) atoms. The number of aryl methyl sites for hydroxylation is 1. The Kier molecular flexibility index (Phi) is 3.98. The molecule has 2 N–H and O–H groups in total. The Morgan fingerprint density at radius 2 is 1.83 bits per heavy atom. The molecule has 1 unspecified atom stereocenters. The van der Waals surface area contributed by atoms with Gasteiger partial charge in [0.15, 0.2) is 11.2 Å². The zero-order valence-electron chi connectivity index (χ0n) is 13.7. The second-order valence-electron chi connectivity index (χ2n) is 5.60. The monoisotopic (exact) mass is 329 g/mol. The van der Waals surface area contributed by atoms with E-state index in [0.29, 0.717) is 5.95 Å². The Morgan fingerprint density at radius 3 is 2.46 bits per heavy atom. The zero-order chi connectivity index (χ0) is 17.4. The number of hydrogen-bond donors (Lipinski definition) is 2. The van der Waals surface area contributed by atoms with Crippen LogP contribution in [0.5, 0.6) is 0 Å². The molecular weight excluding hydrogens is 310 g/mol. The van der Waals surface area contributed by atoms with Crippen LogP contribution in [0, 0.1) is 0 Å². The highest BCUT2D eigenvalue weighted by Gasteiger charge is 2.20. The number of rotatable bonds is 4. The maximum Gasteiger partial charge on any atom is 0.332 e. The van der Waals surface area contributed by atoms with Gasteiger partial charge in [-0.05, 0) is 5.56 Å². The molecule has 0 aliphatic rings. The first-order valence-corrected chi connectivity index (χ1v) is 7.52. The standard InChI is InChI=1S/C16H19N5O3/c1-17-15-18-13-12(14(23)20(3)16(24)19(13)2)21(15)9-11(22)10-7-5-4-6-8-10/h4-8,11,22H,9H2,1-3H3,(H,17,18). The first-order chi connectivity index (χ1) is 11.5.